The molecular formula is C8H12O4. The number of aliphatic carboxylic acids is 2. The molecule has 12 heavy (non-hydrogen) atoms. The van der Waals surface area contributed by atoms with Gasteiger partial charge in [-0.2, -0.15) is 0 Å². The van der Waals surface area contributed by atoms with Crippen LogP contribution in [0.25, 0.3) is 0 Å². The summed E-state index contributed by atoms with van der Waals surface area (Å²) in [7, 11) is 0. The predicted octanol–water partition coefficient (Wildman–Crippen LogP) is 0.984. The summed E-state index contributed by atoms with van der Waals surface area (Å²) in [6, 6.07) is 0. The van der Waals surface area contributed by atoms with Gasteiger partial charge in [-0.1, -0.05) is 20.4 Å². The van der Waals surface area contributed by atoms with Crippen LogP contribution in [0, 0.1) is 11.8 Å². The van der Waals surface area contributed by atoms with E-state index >= 15 is 0 Å². The van der Waals surface area contributed by atoms with Crippen molar-refractivity contribution in [1.82, 2.24) is 0 Å². The van der Waals surface area contributed by atoms with Crippen LogP contribution in [0.5, 0.6) is 0 Å². The monoisotopic (exact) mass is 172 g/mol. The van der Waals surface area contributed by atoms with Crippen molar-refractivity contribution in [3.8, 4) is 0 Å². The lowest BCUT2D eigenvalue weighted by Crippen LogP contribution is -2.22. The molecule has 0 aliphatic carbocycles. The number of hydrogen-bond donors (Lipinski definition) is 2. The van der Waals surface area contributed by atoms with Crippen LogP contribution in [0.15, 0.2) is 12.2 Å². The molecule has 0 aliphatic rings. The van der Waals surface area contributed by atoms with Crippen molar-refractivity contribution in [3.63, 3.8) is 0 Å². The van der Waals surface area contributed by atoms with Crippen molar-refractivity contribution in [2.45, 2.75) is 13.8 Å². The van der Waals surface area contributed by atoms with Gasteiger partial charge < -0.3 is 10.2 Å². The lowest BCUT2D eigenvalue weighted by molar-refractivity contribution is -0.142. The molecule has 0 aromatic rings. The Morgan fingerprint density at radius 3 is 1.83 bits per heavy atom. The first-order valence-corrected chi connectivity index (χ1v) is 3.52. The van der Waals surface area contributed by atoms with Gasteiger partial charge in [0, 0.05) is 11.5 Å². The summed E-state index contributed by atoms with van der Waals surface area (Å²) in [6.45, 7) is 6.29. The molecule has 68 valence electrons. The lowest BCUT2D eigenvalue weighted by atomic mass is 9.90. The number of carboxylic acid groups (broad SMARTS) is 2. The van der Waals surface area contributed by atoms with Gasteiger partial charge in [0.05, 0.1) is 5.92 Å². The Morgan fingerprint density at radius 2 is 1.58 bits per heavy atom. The van der Waals surface area contributed by atoms with E-state index in [9.17, 15) is 9.59 Å². The first-order valence-electron chi connectivity index (χ1n) is 3.52. The second-order valence-corrected chi connectivity index (χ2v) is 2.75. The third kappa shape index (κ3) is 2.38. The summed E-state index contributed by atoms with van der Waals surface area (Å²) in [5.74, 6) is -3.41. The molecule has 0 saturated carbocycles. The van der Waals surface area contributed by atoms with Crippen LogP contribution >= 0.6 is 0 Å². The Bertz CT molecular complexity index is 219. The second-order valence-electron chi connectivity index (χ2n) is 2.75. The van der Waals surface area contributed by atoms with Crippen molar-refractivity contribution in [2.75, 3.05) is 0 Å². The van der Waals surface area contributed by atoms with Gasteiger partial charge in [-0.05, 0) is 0 Å². The Hall–Kier alpha value is -1.32. The molecule has 2 atom stereocenters. The van der Waals surface area contributed by atoms with Gasteiger partial charge in [0.1, 0.15) is 0 Å². The number of hydrogen-bond acceptors (Lipinski definition) is 2. The van der Waals surface area contributed by atoms with E-state index in [0.717, 1.165) is 0 Å². The molecule has 0 aliphatic heterocycles. The molecular weight excluding hydrogens is 160 g/mol. The van der Waals surface area contributed by atoms with E-state index < -0.39 is 23.8 Å². The van der Waals surface area contributed by atoms with Gasteiger partial charge in [0.15, 0.2) is 0 Å². The highest BCUT2D eigenvalue weighted by Gasteiger charge is 2.24. The molecule has 2 unspecified atom stereocenters. The first kappa shape index (κ1) is 10.7. The molecule has 0 heterocycles. The predicted molar refractivity (Wildman–Crippen MR) is 42.7 cm³/mol. The summed E-state index contributed by atoms with van der Waals surface area (Å²) in [5.41, 5.74) is -0.0649. The maximum Gasteiger partial charge on any atom is 0.331 e. The van der Waals surface area contributed by atoms with Crippen molar-refractivity contribution < 1.29 is 19.8 Å². The van der Waals surface area contributed by atoms with Crippen molar-refractivity contribution in [1.29, 1.82) is 0 Å². The number of carboxylic acids is 2. The van der Waals surface area contributed by atoms with Gasteiger partial charge in [0.2, 0.25) is 0 Å². The Kier molecular flexibility index (Phi) is 3.47. The normalized spacial score (nSPS) is 14.8. The van der Waals surface area contributed by atoms with Crippen LogP contribution in [-0.4, -0.2) is 22.2 Å². The average molecular weight is 172 g/mol. The maximum atomic E-state index is 10.4. The fourth-order valence-electron chi connectivity index (χ4n) is 0.710. The highest BCUT2D eigenvalue weighted by molar-refractivity contribution is 5.87. The molecule has 2 N–H and O–H groups in total. The average Bonchev–Trinajstić information content (AvgIpc) is 2.00. The summed E-state index contributed by atoms with van der Waals surface area (Å²) in [5, 5.41) is 17.0. The Morgan fingerprint density at radius 1 is 1.17 bits per heavy atom. The quantitative estimate of drug-likeness (QED) is 0.620. The van der Waals surface area contributed by atoms with Gasteiger partial charge in [-0.3, -0.25) is 4.79 Å². The molecule has 0 rings (SSSR count). The van der Waals surface area contributed by atoms with Crippen LogP contribution < -0.4 is 0 Å². The van der Waals surface area contributed by atoms with Gasteiger partial charge >= 0.3 is 11.9 Å². The minimum atomic E-state index is -1.14. The second kappa shape index (κ2) is 3.90. The largest absolute Gasteiger partial charge is 0.481 e. The van der Waals surface area contributed by atoms with Gasteiger partial charge in [0.25, 0.3) is 0 Å². The van der Waals surface area contributed by atoms with Crippen molar-refractivity contribution in [2.24, 2.45) is 11.8 Å². The van der Waals surface area contributed by atoms with E-state index in [4.69, 9.17) is 10.2 Å². The summed E-state index contributed by atoms with van der Waals surface area (Å²) in [6.07, 6.45) is 0. The summed E-state index contributed by atoms with van der Waals surface area (Å²) < 4.78 is 0. The van der Waals surface area contributed by atoms with E-state index in [1.54, 1.807) is 0 Å². The lowest BCUT2D eigenvalue weighted by Gasteiger charge is -2.15. The molecule has 0 fully saturated rings. The maximum absolute atomic E-state index is 10.4. The van der Waals surface area contributed by atoms with Crippen LogP contribution in [0.4, 0.5) is 0 Å². The molecule has 0 spiro atoms. The molecule has 0 radical (unpaired) electrons. The number of carbonyl (C=O) groups is 2. The van der Waals surface area contributed by atoms with Gasteiger partial charge in [-0.25, -0.2) is 4.79 Å². The minimum absolute atomic E-state index is 0.0649. The smallest absolute Gasteiger partial charge is 0.331 e. The molecule has 0 aromatic carbocycles. The zero-order valence-electron chi connectivity index (χ0n) is 7.07. The third-order valence-corrected chi connectivity index (χ3v) is 1.96. The Balaban J connectivity index is 4.39. The minimum Gasteiger partial charge on any atom is -0.481 e. The van der Waals surface area contributed by atoms with E-state index in [1.165, 1.54) is 13.8 Å². The molecule has 0 bridgehead atoms. The fraction of sp³-hybridized carbons (Fsp3) is 0.500. The van der Waals surface area contributed by atoms with Crippen LogP contribution in [-0.2, 0) is 9.59 Å². The third-order valence-electron chi connectivity index (χ3n) is 1.96. The molecule has 0 saturated heterocycles. The summed E-state index contributed by atoms with van der Waals surface area (Å²) in [4.78, 5) is 20.8. The Labute approximate surface area is 70.5 Å². The molecule has 0 amide bonds. The zero-order valence-corrected chi connectivity index (χ0v) is 7.07. The van der Waals surface area contributed by atoms with E-state index in [0.29, 0.717) is 0 Å². The molecule has 4 nitrogen and oxygen atoms in total. The van der Waals surface area contributed by atoms with Gasteiger partial charge in [-0.15, -0.1) is 0 Å². The topological polar surface area (TPSA) is 74.6 Å². The standard InChI is InChI=1S/C8H12O4/c1-4(5(2)7(9)10)6(3)8(11)12/h4,6H,2H2,1,3H3,(H,9,10)(H,11,12). The van der Waals surface area contributed by atoms with Crippen LogP contribution in [0.2, 0.25) is 0 Å². The van der Waals surface area contributed by atoms with E-state index in [2.05, 4.69) is 6.58 Å². The zero-order chi connectivity index (χ0) is 9.89. The first-order chi connectivity index (χ1) is 5.37. The molecule has 0 aromatic heterocycles. The van der Waals surface area contributed by atoms with Crippen LogP contribution in [0.1, 0.15) is 13.8 Å². The van der Waals surface area contributed by atoms with Crippen molar-refractivity contribution >= 4 is 11.9 Å². The van der Waals surface area contributed by atoms with Crippen molar-refractivity contribution in [3.05, 3.63) is 12.2 Å². The highest BCUT2D eigenvalue weighted by atomic mass is 16.4. The molecule has 4 heteroatoms. The SMILES string of the molecule is C=C(C(=O)O)C(C)C(C)C(=O)O. The highest BCUT2D eigenvalue weighted by Crippen LogP contribution is 2.18. The fourth-order valence-corrected chi connectivity index (χ4v) is 0.710. The van der Waals surface area contributed by atoms with E-state index in [1.807, 2.05) is 0 Å². The summed E-state index contributed by atoms with van der Waals surface area (Å²) >= 11 is 0. The number of rotatable bonds is 4. The van der Waals surface area contributed by atoms with Crippen LogP contribution in [0.3, 0.4) is 0 Å². The van der Waals surface area contributed by atoms with E-state index in [-0.39, 0.29) is 5.57 Å².